The van der Waals surface area contributed by atoms with Crippen LogP contribution < -0.4 is 0 Å². The van der Waals surface area contributed by atoms with Crippen LogP contribution in [0, 0.1) is 12.7 Å². The van der Waals surface area contributed by atoms with E-state index in [0.29, 0.717) is 35.3 Å². The molecule has 1 unspecified atom stereocenters. The second-order valence-electron chi connectivity index (χ2n) is 4.50. The number of carbonyl (C=O) groups excluding carboxylic acids is 1. The Morgan fingerprint density at radius 2 is 2.28 bits per heavy atom. The van der Waals surface area contributed by atoms with Crippen LogP contribution in [-0.4, -0.2) is 36.6 Å². The van der Waals surface area contributed by atoms with E-state index in [-0.39, 0.29) is 17.8 Å². The minimum atomic E-state index is -0.367. The SMILES string of the molecule is Cc1c(F)cc(C(=O)N2CCOC(C)C2)cc1Br. The quantitative estimate of drug-likeness (QED) is 0.797. The van der Waals surface area contributed by atoms with Crippen LogP contribution >= 0.6 is 15.9 Å². The molecule has 1 aliphatic heterocycles. The summed E-state index contributed by atoms with van der Waals surface area (Å²) in [6, 6.07) is 2.96. The monoisotopic (exact) mass is 315 g/mol. The molecular weight excluding hydrogens is 301 g/mol. The molecule has 2 rings (SSSR count). The number of ether oxygens (including phenoxy) is 1. The number of nitrogens with zero attached hydrogens (tertiary/aromatic N) is 1. The van der Waals surface area contributed by atoms with Crippen molar-refractivity contribution in [2.75, 3.05) is 19.7 Å². The van der Waals surface area contributed by atoms with Gasteiger partial charge in [-0.05, 0) is 31.5 Å². The number of rotatable bonds is 1. The van der Waals surface area contributed by atoms with E-state index >= 15 is 0 Å². The smallest absolute Gasteiger partial charge is 0.254 e. The van der Waals surface area contributed by atoms with Crippen molar-refractivity contribution in [3.8, 4) is 0 Å². The Morgan fingerprint density at radius 3 is 2.89 bits per heavy atom. The molecule has 1 aromatic carbocycles. The standard InChI is InChI=1S/C13H15BrFNO2/c1-8-7-16(3-4-18-8)13(17)10-5-11(14)9(2)12(15)6-10/h5-6,8H,3-4,7H2,1-2H3. The largest absolute Gasteiger partial charge is 0.375 e. The first-order valence-electron chi connectivity index (χ1n) is 5.85. The van der Waals surface area contributed by atoms with Gasteiger partial charge >= 0.3 is 0 Å². The molecule has 1 amide bonds. The molecule has 0 spiro atoms. The van der Waals surface area contributed by atoms with Gasteiger partial charge in [0.15, 0.2) is 0 Å². The lowest BCUT2D eigenvalue weighted by molar-refractivity contribution is -0.0124. The van der Waals surface area contributed by atoms with Gasteiger partial charge in [-0.3, -0.25) is 4.79 Å². The molecule has 1 aromatic rings. The molecule has 0 N–H and O–H groups in total. The van der Waals surface area contributed by atoms with Gasteiger partial charge < -0.3 is 9.64 Å². The van der Waals surface area contributed by atoms with E-state index in [1.54, 1.807) is 17.9 Å². The summed E-state index contributed by atoms with van der Waals surface area (Å²) >= 11 is 3.27. The number of carbonyl (C=O) groups is 1. The number of hydrogen-bond donors (Lipinski definition) is 0. The zero-order valence-electron chi connectivity index (χ0n) is 10.4. The molecule has 1 atom stereocenters. The van der Waals surface area contributed by atoms with Crippen LogP contribution in [0.25, 0.3) is 0 Å². The minimum absolute atomic E-state index is 0.0291. The molecule has 0 saturated carbocycles. The summed E-state index contributed by atoms with van der Waals surface area (Å²) in [5, 5.41) is 0. The average Bonchev–Trinajstić information content (AvgIpc) is 2.34. The number of benzene rings is 1. The van der Waals surface area contributed by atoms with Crippen molar-refractivity contribution in [3.05, 3.63) is 33.5 Å². The van der Waals surface area contributed by atoms with Gasteiger partial charge in [0, 0.05) is 23.1 Å². The third-order valence-corrected chi connectivity index (χ3v) is 3.88. The third kappa shape index (κ3) is 2.72. The Morgan fingerprint density at radius 1 is 1.56 bits per heavy atom. The maximum Gasteiger partial charge on any atom is 0.254 e. The van der Waals surface area contributed by atoms with Crippen LogP contribution in [0.5, 0.6) is 0 Å². The van der Waals surface area contributed by atoms with Gasteiger partial charge in [0.2, 0.25) is 0 Å². The van der Waals surface area contributed by atoms with Crippen LogP contribution in [0.3, 0.4) is 0 Å². The van der Waals surface area contributed by atoms with Crippen LogP contribution in [0.1, 0.15) is 22.8 Å². The third-order valence-electron chi connectivity index (χ3n) is 3.06. The van der Waals surface area contributed by atoms with E-state index in [4.69, 9.17) is 4.74 Å². The van der Waals surface area contributed by atoms with E-state index in [1.807, 2.05) is 6.92 Å². The lowest BCUT2D eigenvalue weighted by Crippen LogP contribution is -2.44. The zero-order chi connectivity index (χ0) is 13.3. The van der Waals surface area contributed by atoms with E-state index < -0.39 is 0 Å². The summed E-state index contributed by atoms with van der Waals surface area (Å²) in [7, 11) is 0. The van der Waals surface area contributed by atoms with Gasteiger partial charge in [-0.25, -0.2) is 4.39 Å². The molecule has 1 fully saturated rings. The molecule has 5 heteroatoms. The molecule has 1 heterocycles. The van der Waals surface area contributed by atoms with E-state index in [9.17, 15) is 9.18 Å². The fourth-order valence-electron chi connectivity index (χ4n) is 1.95. The molecule has 3 nitrogen and oxygen atoms in total. The first-order valence-corrected chi connectivity index (χ1v) is 6.65. The zero-order valence-corrected chi connectivity index (χ0v) is 12.0. The van der Waals surface area contributed by atoms with Crippen molar-refractivity contribution in [1.29, 1.82) is 0 Å². The maximum absolute atomic E-state index is 13.6. The predicted molar refractivity (Wildman–Crippen MR) is 70.2 cm³/mol. The number of amides is 1. The lowest BCUT2D eigenvalue weighted by Gasteiger charge is -2.31. The molecule has 18 heavy (non-hydrogen) atoms. The molecule has 1 saturated heterocycles. The first kappa shape index (κ1) is 13.5. The summed E-state index contributed by atoms with van der Waals surface area (Å²) in [5.74, 6) is -0.515. The second-order valence-corrected chi connectivity index (χ2v) is 5.35. The fourth-order valence-corrected chi connectivity index (χ4v) is 2.39. The number of halogens is 2. The summed E-state index contributed by atoms with van der Waals surface area (Å²) < 4.78 is 19.6. The van der Waals surface area contributed by atoms with Crippen molar-refractivity contribution >= 4 is 21.8 Å². The van der Waals surface area contributed by atoms with Crippen LogP contribution in [0.2, 0.25) is 0 Å². The van der Waals surface area contributed by atoms with Crippen molar-refractivity contribution in [3.63, 3.8) is 0 Å². The highest BCUT2D eigenvalue weighted by Gasteiger charge is 2.23. The lowest BCUT2D eigenvalue weighted by atomic mass is 10.1. The summed E-state index contributed by atoms with van der Waals surface area (Å²) in [6.45, 7) is 5.22. The number of hydrogen-bond acceptors (Lipinski definition) is 2. The van der Waals surface area contributed by atoms with Gasteiger partial charge in [-0.15, -0.1) is 0 Å². The highest BCUT2D eigenvalue weighted by molar-refractivity contribution is 9.10. The van der Waals surface area contributed by atoms with Crippen molar-refractivity contribution < 1.29 is 13.9 Å². The van der Waals surface area contributed by atoms with Crippen LogP contribution in [-0.2, 0) is 4.74 Å². The first-order chi connectivity index (χ1) is 8.49. The summed E-state index contributed by atoms with van der Waals surface area (Å²) in [4.78, 5) is 13.9. The van der Waals surface area contributed by atoms with Gasteiger partial charge in [0.05, 0.1) is 12.7 Å². The van der Waals surface area contributed by atoms with Crippen molar-refractivity contribution in [2.24, 2.45) is 0 Å². The molecule has 0 radical (unpaired) electrons. The normalized spacial score (nSPS) is 20.0. The molecule has 0 aromatic heterocycles. The topological polar surface area (TPSA) is 29.5 Å². The Labute approximate surface area is 114 Å². The molecule has 0 aliphatic carbocycles. The summed E-state index contributed by atoms with van der Waals surface area (Å²) in [6.07, 6.45) is 0.0291. The van der Waals surface area contributed by atoms with Crippen LogP contribution in [0.15, 0.2) is 16.6 Å². The Kier molecular flexibility index (Phi) is 4.02. The minimum Gasteiger partial charge on any atom is -0.375 e. The Bertz CT molecular complexity index is 455. The Hall–Kier alpha value is -0.940. The number of morpholine rings is 1. The average molecular weight is 316 g/mol. The van der Waals surface area contributed by atoms with Crippen LogP contribution in [0.4, 0.5) is 4.39 Å². The van der Waals surface area contributed by atoms with Gasteiger partial charge in [0.1, 0.15) is 5.82 Å². The molecular formula is C13H15BrFNO2. The van der Waals surface area contributed by atoms with E-state index in [2.05, 4.69) is 15.9 Å². The Balaban J connectivity index is 2.23. The second kappa shape index (κ2) is 5.36. The van der Waals surface area contributed by atoms with Gasteiger partial charge in [-0.2, -0.15) is 0 Å². The molecule has 0 bridgehead atoms. The fraction of sp³-hybridized carbons (Fsp3) is 0.462. The summed E-state index contributed by atoms with van der Waals surface area (Å²) in [5.41, 5.74) is 0.890. The van der Waals surface area contributed by atoms with E-state index in [0.717, 1.165) is 0 Å². The maximum atomic E-state index is 13.6. The van der Waals surface area contributed by atoms with Gasteiger partial charge in [-0.1, -0.05) is 15.9 Å². The molecule has 1 aliphatic rings. The molecule has 98 valence electrons. The predicted octanol–water partition coefficient (Wildman–Crippen LogP) is 2.76. The highest BCUT2D eigenvalue weighted by Crippen LogP contribution is 2.22. The highest BCUT2D eigenvalue weighted by atomic mass is 79.9. The van der Waals surface area contributed by atoms with E-state index in [1.165, 1.54) is 6.07 Å². The van der Waals surface area contributed by atoms with Crippen molar-refractivity contribution in [1.82, 2.24) is 4.90 Å². The van der Waals surface area contributed by atoms with Gasteiger partial charge in [0.25, 0.3) is 5.91 Å². The van der Waals surface area contributed by atoms with Crippen molar-refractivity contribution in [2.45, 2.75) is 20.0 Å².